The molecule has 2 N–H and O–H groups in total. The van der Waals surface area contributed by atoms with Crippen molar-refractivity contribution in [3.05, 3.63) is 70.6 Å². The molecule has 6 nitrogen and oxygen atoms in total. The Labute approximate surface area is 162 Å². The van der Waals surface area contributed by atoms with Crippen LogP contribution in [0.2, 0.25) is 5.02 Å². The smallest absolute Gasteiger partial charge is 0.275 e. The first-order valence-corrected chi connectivity index (χ1v) is 8.66. The summed E-state index contributed by atoms with van der Waals surface area (Å²) in [6.07, 6.45) is 2.90. The molecule has 0 unspecified atom stereocenters. The van der Waals surface area contributed by atoms with Crippen molar-refractivity contribution in [3.63, 3.8) is 0 Å². The number of carbonyl (C=O) groups is 1. The number of amides is 1. The lowest BCUT2D eigenvalue weighted by atomic mass is 10.1. The van der Waals surface area contributed by atoms with Crippen molar-refractivity contribution < 1.29 is 9.53 Å². The van der Waals surface area contributed by atoms with Crippen molar-refractivity contribution in [3.8, 4) is 5.75 Å². The highest BCUT2D eigenvalue weighted by atomic mass is 35.5. The Balaban J connectivity index is 1.75. The van der Waals surface area contributed by atoms with Gasteiger partial charge >= 0.3 is 0 Å². The molecule has 1 heterocycles. The highest BCUT2D eigenvalue weighted by Crippen LogP contribution is 2.29. The Kier molecular flexibility index (Phi) is 5.57. The number of methoxy groups -OCH3 is 1. The second-order valence-corrected chi connectivity index (χ2v) is 6.41. The maximum absolute atomic E-state index is 12.4. The summed E-state index contributed by atoms with van der Waals surface area (Å²) >= 11 is 6.30. The van der Waals surface area contributed by atoms with E-state index in [0.717, 1.165) is 16.8 Å². The highest BCUT2D eigenvalue weighted by Gasteiger charge is 2.12. The number of nitrogens with one attached hydrogen (secondary N) is 2. The molecular weight excluding hydrogens is 364 g/mol. The van der Waals surface area contributed by atoms with Crippen molar-refractivity contribution in [1.82, 2.24) is 9.97 Å². The fourth-order valence-corrected chi connectivity index (χ4v) is 3.01. The maximum atomic E-state index is 12.4. The van der Waals surface area contributed by atoms with Crippen LogP contribution >= 0.6 is 11.6 Å². The predicted molar refractivity (Wildman–Crippen MR) is 107 cm³/mol. The SMILES string of the molecule is COc1ccccc1NC(=O)c1cnc(Nc2c(C)cc(C)cc2Cl)cn1. The standard InChI is InChI=1S/C20H19ClN4O2/c1-12-8-13(2)19(14(21)9-12)25-18-11-22-16(10-23-18)20(26)24-15-6-4-5-7-17(15)27-3/h4-11H,1-3H3,(H,23,25)(H,24,26). The first-order chi connectivity index (χ1) is 13.0. The van der Waals surface area contributed by atoms with Crippen molar-refractivity contribution in [2.24, 2.45) is 0 Å². The molecule has 0 saturated carbocycles. The van der Waals surface area contributed by atoms with Gasteiger partial charge in [0, 0.05) is 0 Å². The Hall–Kier alpha value is -3.12. The molecule has 138 valence electrons. The van der Waals surface area contributed by atoms with Gasteiger partial charge in [-0.15, -0.1) is 0 Å². The first kappa shape index (κ1) is 18.7. The molecule has 0 spiro atoms. The Morgan fingerprint density at radius 1 is 1.11 bits per heavy atom. The average Bonchev–Trinajstić information content (AvgIpc) is 2.65. The summed E-state index contributed by atoms with van der Waals surface area (Å²) in [5.74, 6) is 0.697. The largest absolute Gasteiger partial charge is 0.495 e. The van der Waals surface area contributed by atoms with Gasteiger partial charge in [-0.25, -0.2) is 9.97 Å². The van der Waals surface area contributed by atoms with E-state index in [9.17, 15) is 4.79 Å². The third kappa shape index (κ3) is 4.35. The summed E-state index contributed by atoms with van der Waals surface area (Å²) in [6.45, 7) is 3.95. The van der Waals surface area contributed by atoms with Gasteiger partial charge in [-0.1, -0.05) is 29.8 Å². The fraction of sp³-hybridized carbons (Fsp3) is 0.150. The number of hydrogen-bond donors (Lipinski definition) is 2. The second-order valence-electron chi connectivity index (χ2n) is 6.00. The van der Waals surface area contributed by atoms with Gasteiger partial charge in [0.2, 0.25) is 0 Å². The minimum Gasteiger partial charge on any atom is -0.495 e. The van der Waals surface area contributed by atoms with Gasteiger partial charge in [0.25, 0.3) is 5.91 Å². The number of ether oxygens (including phenoxy) is 1. The molecule has 2 aromatic carbocycles. The molecule has 0 saturated heterocycles. The number of aryl methyl sites for hydroxylation is 2. The molecule has 0 atom stereocenters. The van der Waals surface area contributed by atoms with Crippen LogP contribution in [0.15, 0.2) is 48.8 Å². The number of carbonyl (C=O) groups excluding carboxylic acids is 1. The summed E-state index contributed by atoms with van der Waals surface area (Å²) in [4.78, 5) is 20.8. The zero-order valence-electron chi connectivity index (χ0n) is 15.2. The molecule has 7 heteroatoms. The minimum absolute atomic E-state index is 0.193. The van der Waals surface area contributed by atoms with Gasteiger partial charge < -0.3 is 15.4 Å². The molecular formula is C20H19ClN4O2. The second kappa shape index (κ2) is 8.05. The number of benzene rings is 2. The van der Waals surface area contributed by atoms with Crippen LogP contribution in [0.4, 0.5) is 17.2 Å². The number of aromatic nitrogens is 2. The minimum atomic E-state index is -0.372. The van der Waals surface area contributed by atoms with Crippen LogP contribution in [0.3, 0.4) is 0 Å². The molecule has 3 aromatic rings. The van der Waals surface area contributed by atoms with Gasteiger partial charge in [-0.2, -0.15) is 0 Å². The normalized spacial score (nSPS) is 10.4. The Bertz CT molecular complexity index is 951. The van der Waals surface area contributed by atoms with Crippen LogP contribution < -0.4 is 15.4 Å². The van der Waals surface area contributed by atoms with Crippen LogP contribution in [-0.4, -0.2) is 23.0 Å². The van der Waals surface area contributed by atoms with Crippen LogP contribution in [-0.2, 0) is 0 Å². The molecule has 0 radical (unpaired) electrons. The van der Waals surface area contributed by atoms with Gasteiger partial charge in [-0.05, 0) is 43.2 Å². The van der Waals surface area contributed by atoms with Crippen LogP contribution in [0.5, 0.6) is 5.75 Å². The van der Waals surface area contributed by atoms with E-state index in [2.05, 4.69) is 20.6 Å². The van der Waals surface area contributed by atoms with E-state index in [1.165, 1.54) is 12.4 Å². The molecule has 1 amide bonds. The average molecular weight is 383 g/mol. The quantitative estimate of drug-likeness (QED) is 0.665. The van der Waals surface area contributed by atoms with Gasteiger partial charge in [0.05, 0.1) is 35.9 Å². The van der Waals surface area contributed by atoms with E-state index < -0.39 is 0 Å². The van der Waals surface area contributed by atoms with Crippen LogP contribution in [0.1, 0.15) is 21.6 Å². The number of anilines is 3. The third-order valence-corrected chi connectivity index (χ3v) is 4.22. The van der Waals surface area contributed by atoms with Gasteiger partial charge in [0.1, 0.15) is 17.3 Å². The summed E-state index contributed by atoms with van der Waals surface area (Å²) in [6, 6.07) is 11.1. The van der Waals surface area contributed by atoms with E-state index in [-0.39, 0.29) is 11.6 Å². The Morgan fingerprint density at radius 2 is 1.89 bits per heavy atom. The number of hydrogen-bond acceptors (Lipinski definition) is 5. The van der Waals surface area contributed by atoms with Crippen LogP contribution in [0, 0.1) is 13.8 Å². The summed E-state index contributed by atoms with van der Waals surface area (Å²) in [5.41, 5.74) is 3.61. The number of halogens is 1. The topological polar surface area (TPSA) is 76.1 Å². The lowest BCUT2D eigenvalue weighted by molar-refractivity contribution is 0.102. The molecule has 0 aliphatic heterocycles. The summed E-state index contributed by atoms with van der Waals surface area (Å²) in [7, 11) is 1.55. The van der Waals surface area contributed by atoms with Gasteiger partial charge in [0.15, 0.2) is 0 Å². The molecule has 0 bridgehead atoms. The van der Waals surface area contributed by atoms with Crippen molar-refractivity contribution in [1.29, 1.82) is 0 Å². The van der Waals surface area contributed by atoms with Crippen molar-refractivity contribution in [2.45, 2.75) is 13.8 Å². The summed E-state index contributed by atoms with van der Waals surface area (Å²) < 4.78 is 5.23. The lowest BCUT2D eigenvalue weighted by Gasteiger charge is -2.12. The van der Waals surface area contributed by atoms with E-state index >= 15 is 0 Å². The molecule has 0 fully saturated rings. The van der Waals surface area contributed by atoms with Gasteiger partial charge in [-0.3, -0.25) is 4.79 Å². The summed E-state index contributed by atoms with van der Waals surface area (Å²) in [5, 5.41) is 6.51. The van der Waals surface area contributed by atoms with E-state index in [1.54, 1.807) is 19.2 Å². The highest BCUT2D eigenvalue weighted by molar-refractivity contribution is 6.33. The van der Waals surface area contributed by atoms with E-state index in [4.69, 9.17) is 16.3 Å². The molecule has 27 heavy (non-hydrogen) atoms. The predicted octanol–water partition coefficient (Wildman–Crippen LogP) is 4.75. The molecule has 1 aromatic heterocycles. The fourth-order valence-electron chi connectivity index (χ4n) is 2.65. The van der Waals surface area contributed by atoms with Crippen molar-refractivity contribution >= 4 is 34.7 Å². The third-order valence-electron chi connectivity index (χ3n) is 3.92. The number of rotatable bonds is 5. The number of nitrogens with zero attached hydrogens (tertiary/aromatic N) is 2. The zero-order valence-corrected chi connectivity index (χ0v) is 16.0. The first-order valence-electron chi connectivity index (χ1n) is 8.28. The van der Waals surface area contributed by atoms with E-state index in [0.29, 0.717) is 22.3 Å². The number of para-hydroxylation sites is 2. The van der Waals surface area contributed by atoms with Crippen LogP contribution in [0.25, 0.3) is 0 Å². The molecule has 0 aliphatic carbocycles. The Morgan fingerprint density at radius 3 is 2.56 bits per heavy atom. The molecule has 3 rings (SSSR count). The monoisotopic (exact) mass is 382 g/mol. The lowest BCUT2D eigenvalue weighted by Crippen LogP contribution is -2.15. The zero-order chi connectivity index (χ0) is 19.4. The maximum Gasteiger partial charge on any atom is 0.275 e. The van der Waals surface area contributed by atoms with E-state index in [1.807, 2.05) is 38.1 Å². The van der Waals surface area contributed by atoms with Crippen molar-refractivity contribution in [2.75, 3.05) is 17.7 Å². The molecule has 0 aliphatic rings.